The van der Waals surface area contributed by atoms with E-state index in [1.807, 2.05) is 51.1 Å². The Balaban J connectivity index is 2.71. The first-order valence-electron chi connectivity index (χ1n) is 9.59. The quantitative estimate of drug-likeness (QED) is 0.682. The van der Waals surface area contributed by atoms with Crippen LogP contribution in [0.15, 0.2) is 30.3 Å². The highest BCUT2D eigenvalue weighted by Crippen LogP contribution is 2.19. The second-order valence-corrected chi connectivity index (χ2v) is 8.92. The number of benzene rings is 1. The van der Waals surface area contributed by atoms with Crippen molar-refractivity contribution in [3.63, 3.8) is 0 Å². The molecule has 6 nitrogen and oxygen atoms in total. The molecule has 0 radical (unpaired) electrons. The average molecular weight is 392 g/mol. The number of esters is 2. The van der Waals surface area contributed by atoms with E-state index in [0.29, 0.717) is 0 Å². The predicted octanol–water partition coefficient (Wildman–Crippen LogP) is 3.77. The van der Waals surface area contributed by atoms with Gasteiger partial charge in [0.1, 0.15) is 12.2 Å². The molecule has 0 aliphatic carbocycles. The molecule has 0 spiro atoms. The van der Waals surface area contributed by atoms with Crippen LogP contribution in [0.1, 0.15) is 66.4 Å². The third kappa shape index (κ3) is 10.7. The number of rotatable bonds is 8. The fraction of sp³-hybridized carbons (Fsp3) is 0.591. The molecule has 0 heterocycles. The van der Waals surface area contributed by atoms with Gasteiger partial charge in [-0.2, -0.15) is 0 Å². The van der Waals surface area contributed by atoms with Crippen LogP contribution in [0, 0.1) is 5.92 Å². The largest absolute Gasteiger partial charge is 0.461 e. The summed E-state index contributed by atoms with van der Waals surface area (Å²) in [7, 11) is 0. The van der Waals surface area contributed by atoms with Gasteiger partial charge in [0.2, 0.25) is 5.91 Å². The number of hydrogen-bond acceptors (Lipinski definition) is 5. The van der Waals surface area contributed by atoms with Crippen molar-refractivity contribution in [1.29, 1.82) is 0 Å². The molecule has 0 bridgehead atoms. The summed E-state index contributed by atoms with van der Waals surface area (Å²) in [5, 5.41) is 2.86. The monoisotopic (exact) mass is 391 g/mol. The molecule has 1 aromatic rings. The summed E-state index contributed by atoms with van der Waals surface area (Å²) in [6.45, 7) is 11.1. The first-order valence-corrected chi connectivity index (χ1v) is 9.59. The Hall–Kier alpha value is -2.37. The molecule has 0 saturated heterocycles. The van der Waals surface area contributed by atoms with Crippen molar-refractivity contribution >= 4 is 17.8 Å². The lowest BCUT2D eigenvalue weighted by Crippen LogP contribution is -2.40. The minimum absolute atomic E-state index is 0.117. The Morgan fingerprint density at radius 1 is 1.00 bits per heavy atom. The van der Waals surface area contributed by atoms with E-state index in [0.717, 1.165) is 5.56 Å². The summed E-state index contributed by atoms with van der Waals surface area (Å²) >= 11 is 0. The first kappa shape index (κ1) is 23.7. The summed E-state index contributed by atoms with van der Waals surface area (Å²) in [5.41, 5.74) is -0.137. The van der Waals surface area contributed by atoms with Crippen molar-refractivity contribution in [3.8, 4) is 0 Å². The highest BCUT2D eigenvalue weighted by Gasteiger charge is 2.28. The van der Waals surface area contributed by atoms with Gasteiger partial charge in [0.15, 0.2) is 0 Å². The summed E-state index contributed by atoms with van der Waals surface area (Å²) in [5.74, 6) is -1.88. The summed E-state index contributed by atoms with van der Waals surface area (Å²) in [6, 6.07) is 9.31. The zero-order valence-electron chi connectivity index (χ0n) is 17.8. The standard InChI is InChI=1S/C22H33NO5/c1-21(2,3)23-18(24)13-12-17(14-19(25)28-22(4,5)6)20(26)27-15-16-10-8-7-9-11-16/h7-11,17H,12-15H2,1-6H3,(H,23,24)/t17-/m1/s1. The Morgan fingerprint density at radius 2 is 1.61 bits per heavy atom. The molecule has 0 aliphatic rings. The molecule has 156 valence electrons. The van der Waals surface area contributed by atoms with Crippen molar-refractivity contribution in [2.75, 3.05) is 0 Å². The molecule has 0 fully saturated rings. The number of hydrogen-bond donors (Lipinski definition) is 1. The van der Waals surface area contributed by atoms with Crippen molar-refractivity contribution in [3.05, 3.63) is 35.9 Å². The third-order valence-corrected chi connectivity index (χ3v) is 3.62. The summed E-state index contributed by atoms with van der Waals surface area (Å²) in [4.78, 5) is 36.8. The van der Waals surface area contributed by atoms with Crippen LogP contribution in [0.5, 0.6) is 0 Å². The highest BCUT2D eigenvalue weighted by molar-refractivity contribution is 5.81. The van der Waals surface area contributed by atoms with Crippen LogP contribution < -0.4 is 5.32 Å². The van der Waals surface area contributed by atoms with Crippen LogP contribution in [0.3, 0.4) is 0 Å². The van der Waals surface area contributed by atoms with Gasteiger partial charge in [-0.1, -0.05) is 30.3 Å². The zero-order chi connectivity index (χ0) is 21.4. The van der Waals surface area contributed by atoms with E-state index in [9.17, 15) is 14.4 Å². The molecule has 0 saturated carbocycles. The molecule has 1 atom stereocenters. The van der Waals surface area contributed by atoms with Crippen molar-refractivity contribution in [2.45, 2.75) is 78.6 Å². The van der Waals surface area contributed by atoms with Gasteiger partial charge in [-0.15, -0.1) is 0 Å². The molecule has 6 heteroatoms. The van der Waals surface area contributed by atoms with Crippen molar-refractivity contribution < 1.29 is 23.9 Å². The second-order valence-electron chi connectivity index (χ2n) is 8.92. The smallest absolute Gasteiger partial charge is 0.309 e. The van der Waals surface area contributed by atoms with Crippen molar-refractivity contribution in [1.82, 2.24) is 5.32 Å². The summed E-state index contributed by atoms with van der Waals surface area (Å²) < 4.78 is 10.7. The zero-order valence-corrected chi connectivity index (χ0v) is 17.8. The van der Waals surface area contributed by atoms with Crippen LogP contribution in [-0.4, -0.2) is 29.0 Å². The number of nitrogens with one attached hydrogen (secondary N) is 1. The molecule has 28 heavy (non-hydrogen) atoms. The Morgan fingerprint density at radius 3 is 2.14 bits per heavy atom. The molecule has 0 aliphatic heterocycles. The van der Waals surface area contributed by atoms with Gasteiger partial charge in [0.05, 0.1) is 12.3 Å². The lowest BCUT2D eigenvalue weighted by molar-refractivity contribution is -0.162. The average Bonchev–Trinajstić information content (AvgIpc) is 2.54. The van der Waals surface area contributed by atoms with Crippen LogP contribution in [-0.2, 0) is 30.5 Å². The topological polar surface area (TPSA) is 81.7 Å². The maximum absolute atomic E-state index is 12.6. The van der Waals surface area contributed by atoms with Gasteiger partial charge >= 0.3 is 11.9 Å². The molecule has 0 unspecified atom stereocenters. The molecule has 1 amide bonds. The lowest BCUT2D eigenvalue weighted by atomic mass is 9.98. The SMILES string of the molecule is CC(C)(C)NC(=O)CC[C@H](CC(=O)OC(C)(C)C)C(=O)OCc1ccccc1. The van der Waals surface area contributed by atoms with Gasteiger partial charge in [0.25, 0.3) is 0 Å². The van der Waals surface area contributed by atoms with E-state index in [1.165, 1.54) is 0 Å². The van der Waals surface area contributed by atoms with E-state index in [1.54, 1.807) is 20.8 Å². The molecular formula is C22H33NO5. The Kier molecular flexibility index (Phi) is 8.66. The Labute approximate surface area is 168 Å². The predicted molar refractivity (Wildman–Crippen MR) is 107 cm³/mol. The van der Waals surface area contributed by atoms with Gasteiger partial charge in [-0.25, -0.2) is 0 Å². The fourth-order valence-corrected chi connectivity index (χ4v) is 2.52. The van der Waals surface area contributed by atoms with E-state index < -0.39 is 23.5 Å². The Bertz CT molecular complexity index is 656. The van der Waals surface area contributed by atoms with Crippen molar-refractivity contribution in [2.24, 2.45) is 5.92 Å². The van der Waals surface area contributed by atoms with E-state index in [2.05, 4.69) is 5.32 Å². The first-order chi connectivity index (χ1) is 12.9. The number of ether oxygens (including phenoxy) is 2. The molecule has 0 aromatic heterocycles. The third-order valence-electron chi connectivity index (χ3n) is 3.62. The molecular weight excluding hydrogens is 358 g/mol. The van der Waals surface area contributed by atoms with Crippen LogP contribution in [0.4, 0.5) is 0 Å². The maximum Gasteiger partial charge on any atom is 0.309 e. The number of amides is 1. The highest BCUT2D eigenvalue weighted by atomic mass is 16.6. The molecule has 1 N–H and O–H groups in total. The van der Waals surface area contributed by atoms with E-state index >= 15 is 0 Å². The van der Waals surface area contributed by atoms with Gasteiger partial charge in [-0.05, 0) is 53.5 Å². The van der Waals surface area contributed by atoms with Gasteiger partial charge in [-0.3, -0.25) is 14.4 Å². The molecule has 1 rings (SSSR count). The van der Waals surface area contributed by atoms with Crippen LogP contribution in [0.2, 0.25) is 0 Å². The fourth-order valence-electron chi connectivity index (χ4n) is 2.52. The second kappa shape index (κ2) is 10.2. The van der Waals surface area contributed by atoms with Gasteiger partial charge < -0.3 is 14.8 Å². The molecule has 1 aromatic carbocycles. The van der Waals surface area contributed by atoms with Crippen LogP contribution >= 0.6 is 0 Å². The summed E-state index contributed by atoms with van der Waals surface area (Å²) in [6.07, 6.45) is 0.230. The maximum atomic E-state index is 12.6. The minimum atomic E-state index is -0.732. The van der Waals surface area contributed by atoms with Gasteiger partial charge in [0, 0.05) is 12.0 Å². The lowest BCUT2D eigenvalue weighted by Gasteiger charge is -2.23. The van der Waals surface area contributed by atoms with Crippen LogP contribution in [0.25, 0.3) is 0 Å². The number of carbonyl (C=O) groups excluding carboxylic acids is 3. The minimum Gasteiger partial charge on any atom is -0.461 e. The van der Waals surface area contributed by atoms with E-state index in [4.69, 9.17) is 9.47 Å². The normalized spacial score (nSPS) is 12.8. The number of carbonyl (C=O) groups is 3. The van der Waals surface area contributed by atoms with E-state index in [-0.39, 0.29) is 37.3 Å².